The molecule has 2 amide bonds. The molecule has 1 aliphatic heterocycles. The second-order valence-corrected chi connectivity index (χ2v) is 7.47. The molecule has 9 nitrogen and oxygen atoms in total. The number of ether oxygens (including phenoxy) is 1. The molecule has 0 saturated carbocycles. The maximum Gasteiger partial charge on any atom is 0.308 e. The SMILES string of the molecule is C[C@H](OC(=O)C[C@H]1Sc2ccccc2NC1=O)C(=O)Nc1ccc([N+](=O)[O-])cc1. The molecule has 10 heteroatoms. The molecule has 1 heterocycles. The highest BCUT2D eigenvalue weighted by atomic mass is 32.2. The van der Waals surface area contributed by atoms with Crippen LogP contribution in [0.3, 0.4) is 0 Å². The van der Waals surface area contributed by atoms with Crippen molar-refractivity contribution in [1.82, 2.24) is 0 Å². The number of non-ortho nitro benzene ring substituents is 1. The number of hydrogen-bond donors (Lipinski definition) is 2. The minimum absolute atomic E-state index is 0.104. The molecule has 2 N–H and O–H groups in total. The molecule has 0 bridgehead atoms. The molecular weight excluding hydrogens is 398 g/mol. The summed E-state index contributed by atoms with van der Waals surface area (Å²) in [6, 6.07) is 12.5. The van der Waals surface area contributed by atoms with Crippen LogP contribution in [0.15, 0.2) is 53.4 Å². The van der Waals surface area contributed by atoms with Gasteiger partial charge < -0.3 is 15.4 Å². The van der Waals surface area contributed by atoms with E-state index in [-0.39, 0.29) is 18.0 Å². The lowest BCUT2D eigenvalue weighted by Gasteiger charge is -2.23. The lowest BCUT2D eigenvalue weighted by atomic mass is 10.2. The van der Waals surface area contributed by atoms with E-state index in [1.807, 2.05) is 12.1 Å². The Balaban J connectivity index is 1.52. The van der Waals surface area contributed by atoms with Gasteiger partial charge in [0.1, 0.15) is 0 Å². The Morgan fingerprint density at radius 2 is 1.93 bits per heavy atom. The van der Waals surface area contributed by atoms with E-state index < -0.39 is 28.2 Å². The summed E-state index contributed by atoms with van der Waals surface area (Å²) in [6.07, 6.45) is -1.28. The molecule has 0 fully saturated rings. The molecule has 150 valence electrons. The van der Waals surface area contributed by atoms with E-state index in [1.54, 1.807) is 12.1 Å². The van der Waals surface area contributed by atoms with Crippen LogP contribution in [-0.4, -0.2) is 34.1 Å². The number of nitro groups is 1. The van der Waals surface area contributed by atoms with Gasteiger partial charge in [-0.1, -0.05) is 12.1 Å². The lowest BCUT2D eigenvalue weighted by Crippen LogP contribution is -2.34. The fraction of sp³-hybridized carbons (Fsp3) is 0.211. The van der Waals surface area contributed by atoms with Crippen molar-refractivity contribution in [1.29, 1.82) is 0 Å². The number of esters is 1. The van der Waals surface area contributed by atoms with Gasteiger partial charge >= 0.3 is 5.97 Å². The van der Waals surface area contributed by atoms with E-state index in [2.05, 4.69) is 10.6 Å². The van der Waals surface area contributed by atoms with Crippen LogP contribution in [0.1, 0.15) is 13.3 Å². The fourth-order valence-electron chi connectivity index (χ4n) is 2.59. The first-order valence-corrected chi connectivity index (χ1v) is 9.53. The molecule has 0 aliphatic carbocycles. The molecule has 0 aromatic heterocycles. The maximum atomic E-state index is 12.2. The third kappa shape index (κ3) is 5.11. The molecule has 0 spiro atoms. The number of thioether (sulfide) groups is 1. The zero-order chi connectivity index (χ0) is 21.0. The zero-order valence-electron chi connectivity index (χ0n) is 15.3. The molecular formula is C19H17N3O6S. The van der Waals surface area contributed by atoms with Crippen molar-refractivity contribution in [3.05, 3.63) is 58.6 Å². The smallest absolute Gasteiger partial charge is 0.308 e. The van der Waals surface area contributed by atoms with E-state index in [4.69, 9.17) is 4.74 Å². The summed E-state index contributed by atoms with van der Waals surface area (Å²) in [5.74, 6) is -1.56. The first-order valence-electron chi connectivity index (χ1n) is 8.65. The first-order chi connectivity index (χ1) is 13.8. The van der Waals surface area contributed by atoms with E-state index in [0.717, 1.165) is 4.90 Å². The number of nitrogens with zero attached hydrogens (tertiary/aromatic N) is 1. The third-order valence-electron chi connectivity index (χ3n) is 4.08. The second-order valence-electron chi connectivity index (χ2n) is 6.22. The topological polar surface area (TPSA) is 128 Å². The molecule has 2 aromatic carbocycles. The highest BCUT2D eigenvalue weighted by molar-refractivity contribution is 8.01. The Labute approximate surface area is 170 Å². The Kier molecular flexibility index (Phi) is 6.13. The van der Waals surface area contributed by atoms with Crippen molar-refractivity contribution in [2.24, 2.45) is 0 Å². The van der Waals surface area contributed by atoms with Crippen LogP contribution >= 0.6 is 11.8 Å². The fourth-order valence-corrected chi connectivity index (χ4v) is 3.68. The van der Waals surface area contributed by atoms with Gasteiger partial charge in [0.25, 0.3) is 11.6 Å². The average Bonchev–Trinajstić information content (AvgIpc) is 2.68. The minimum atomic E-state index is -1.10. The number of hydrogen-bond acceptors (Lipinski definition) is 7. The summed E-state index contributed by atoms with van der Waals surface area (Å²) in [6.45, 7) is 1.40. The van der Waals surface area contributed by atoms with Gasteiger partial charge in [-0.15, -0.1) is 11.8 Å². The van der Waals surface area contributed by atoms with E-state index in [0.29, 0.717) is 11.4 Å². The highest BCUT2D eigenvalue weighted by Crippen LogP contribution is 2.36. The molecule has 0 radical (unpaired) electrons. The van der Waals surface area contributed by atoms with E-state index in [9.17, 15) is 24.5 Å². The summed E-state index contributed by atoms with van der Waals surface area (Å²) in [7, 11) is 0. The van der Waals surface area contributed by atoms with Crippen LogP contribution in [-0.2, 0) is 19.1 Å². The monoisotopic (exact) mass is 415 g/mol. The Bertz CT molecular complexity index is 963. The van der Waals surface area contributed by atoms with Gasteiger partial charge in [-0.25, -0.2) is 0 Å². The number of fused-ring (bicyclic) bond motifs is 1. The quantitative estimate of drug-likeness (QED) is 0.422. The summed E-state index contributed by atoms with van der Waals surface area (Å²) in [5.41, 5.74) is 0.928. The summed E-state index contributed by atoms with van der Waals surface area (Å²) < 4.78 is 5.13. The standard InChI is InChI=1S/C19H17N3O6S/c1-11(18(24)20-12-6-8-13(9-7-12)22(26)27)28-17(23)10-16-19(25)21-14-4-2-3-5-15(14)29-16/h2-9,11,16H,10H2,1H3,(H,20,24)(H,21,25)/t11-,16+/m0/s1. The van der Waals surface area contributed by atoms with Gasteiger partial charge in [-0.05, 0) is 31.2 Å². The zero-order valence-corrected chi connectivity index (χ0v) is 16.1. The van der Waals surface area contributed by atoms with Crippen LogP contribution in [0, 0.1) is 10.1 Å². The molecule has 2 aromatic rings. The Morgan fingerprint density at radius 1 is 1.24 bits per heavy atom. The van der Waals surface area contributed by atoms with Gasteiger partial charge in [-0.2, -0.15) is 0 Å². The van der Waals surface area contributed by atoms with Crippen molar-refractivity contribution in [3.63, 3.8) is 0 Å². The van der Waals surface area contributed by atoms with Crippen LogP contribution in [0.4, 0.5) is 17.1 Å². The number of nitrogens with one attached hydrogen (secondary N) is 2. The highest BCUT2D eigenvalue weighted by Gasteiger charge is 2.30. The number of carbonyl (C=O) groups is 3. The molecule has 0 saturated heterocycles. The van der Waals surface area contributed by atoms with E-state index in [1.165, 1.54) is 43.0 Å². The van der Waals surface area contributed by atoms with Crippen LogP contribution in [0.2, 0.25) is 0 Å². The molecule has 2 atom stereocenters. The van der Waals surface area contributed by atoms with Crippen molar-refractivity contribution in [2.45, 2.75) is 29.6 Å². The van der Waals surface area contributed by atoms with Crippen molar-refractivity contribution in [3.8, 4) is 0 Å². The third-order valence-corrected chi connectivity index (χ3v) is 5.36. The van der Waals surface area contributed by atoms with Crippen LogP contribution in [0.25, 0.3) is 0 Å². The van der Waals surface area contributed by atoms with Gasteiger partial charge in [0, 0.05) is 22.7 Å². The number of nitro benzene ring substituents is 1. The summed E-state index contributed by atoms with van der Waals surface area (Å²) in [5, 5.41) is 15.3. The predicted molar refractivity (Wildman–Crippen MR) is 107 cm³/mol. The lowest BCUT2D eigenvalue weighted by molar-refractivity contribution is -0.384. The van der Waals surface area contributed by atoms with Gasteiger partial charge in [0.15, 0.2) is 6.10 Å². The number of benzene rings is 2. The van der Waals surface area contributed by atoms with Gasteiger partial charge in [0.05, 0.1) is 22.3 Å². The number of amides is 2. The summed E-state index contributed by atoms with van der Waals surface area (Å²) in [4.78, 5) is 47.5. The Morgan fingerprint density at radius 3 is 2.62 bits per heavy atom. The normalized spacial score (nSPS) is 16.2. The van der Waals surface area contributed by atoms with Gasteiger partial charge in [0.2, 0.25) is 5.91 Å². The van der Waals surface area contributed by atoms with Gasteiger partial charge in [-0.3, -0.25) is 24.5 Å². The summed E-state index contributed by atoms with van der Waals surface area (Å²) >= 11 is 1.27. The maximum absolute atomic E-state index is 12.2. The molecule has 1 aliphatic rings. The van der Waals surface area contributed by atoms with Crippen molar-refractivity contribution < 1.29 is 24.0 Å². The second kappa shape index (κ2) is 8.74. The average molecular weight is 415 g/mol. The largest absolute Gasteiger partial charge is 0.452 e. The first kappa shape index (κ1) is 20.3. The number of carbonyl (C=O) groups excluding carboxylic acids is 3. The van der Waals surface area contributed by atoms with Crippen LogP contribution < -0.4 is 10.6 Å². The van der Waals surface area contributed by atoms with Crippen molar-refractivity contribution in [2.75, 3.05) is 10.6 Å². The minimum Gasteiger partial charge on any atom is -0.452 e. The van der Waals surface area contributed by atoms with Crippen LogP contribution in [0.5, 0.6) is 0 Å². The molecule has 3 rings (SSSR count). The number of rotatable bonds is 6. The Hall–Kier alpha value is -3.40. The molecule has 29 heavy (non-hydrogen) atoms. The number of anilines is 2. The van der Waals surface area contributed by atoms with Crippen molar-refractivity contribution >= 4 is 46.6 Å². The number of para-hydroxylation sites is 1. The molecule has 0 unspecified atom stereocenters. The predicted octanol–water partition coefficient (Wildman–Crippen LogP) is 2.97. The van der Waals surface area contributed by atoms with E-state index >= 15 is 0 Å².